The quantitative estimate of drug-likeness (QED) is 0.130. The molecule has 0 N–H and O–H groups in total. The van der Waals surface area contributed by atoms with Gasteiger partial charge in [0.15, 0.2) is 0 Å². The highest BCUT2D eigenvalue weighted by molar-refractivity contribution is 7.26. The van der Waals surface area contributed by atoms with E-state index in [1.165, 1.54) is 10.1 Å². The minimum atomic E-state index is 0.356. The van der Waals surface area contributed by atoms with Gasteiger partial charge < -0.3 is 13.6 Å². The summed E-state index contributed by atoms with van der Waals surface area (Å²) in [5.74, 6) is 0. The van der Waals surface area contributed by atoms with Crippen LogP contribution in [0, 0.1) is 17.9 Å². The van der Waals surface area contributed by atoms with Crippen LogP contribution in [0.4, 0.5) is 5.69 Å². The summed E-state index contributed by atoms with van der Waals surface area (Å²) in [6, 6.07) is 56.9. The molecule has 0 unspecified atom stereocenters. The van der Waals surface area contributed by atoms with E-state index >= 15 is 0 Å². The molecule has 0 aliphatic heterocycles. The first-order chi connectivity index (χ1) is 33.7. The molecule has 0 atom stereocenters. The summed E-state index contributed by atoms with van der Waals surface area (Å²) in [6.07, 6.45) is 7.74. The molecule has 0 aliphatic carbocycles. The van der Waals surface area contributed by atoms with Gasteiger partial charge >= 0.3 is 0 Å². The predicted molar refractivity (Wildman–Crippen MR) is 279 cm³/mol. The first kappa shape index (κ1) is 36.9. The molecule has 312 valence electrons. The fourth-order valence-corrected chi connectivity index (χ4v) is 12.6. The van der Waals surface area contributed by atoms with Gasteiger partial charge in [-0.05, 0) is 46.2 Å². The minimum Gasteiger partial charge on any atom is -0.455 e. The third kappa shape index (κ3) is 4.68. The Morgan fingerprint density at radius 1 is 0.500 bits per heavy atom. The van der Waals surface area contributed by atoms with Gasteiger partial charge in [0, 0.05) is 76.7 Å². The average molecular weight is 883 g/mol. The maximum absolute atomic E-state index is 12.0. The first-order valence-electron chi connectivity index (χ1n) is 22.4. The fourth-order valence-electron chi connectivity index (χ4n) is 11.4. The second kappa shape index (κ2) is 13.6. The van der Waals surface area contributed by atoms with E-state index in [9.17, 15) is 11.8 Å². The molecule has 0 saturated heterocycles. The third-order valence-electron chi connectivity index (χ3n) is 14.1. The summed E-state index contributed by atoms with van der Waals surface area (Å²) in [6.45, 7) is 9.30. The molecular formula is C60H30N6OS. The lowest BCUT2D eigenvalue weighted by Crippen LogP contribution is -2.09. The number of para-hydroxylation sites is 1. The Bertz CT molecular complexity index is 4670. The SMILES string of the molecule is [C-]#[N+]c1c(-c2ccccc2)c(C#N)c(-n2c3ccc4c5ccccc5oc4c3c3ccc4c5ccccc5sc4c32)c(-c2ccccc2)c1-n1c2cncc3c4ccccc4c4cncc1c4c32. The summed E-state index contributed by atoms with van der Waals surface area (Å²) >= 11 is 1.75. The first-order valence-corrected chi connectivity index (χ1v) is 23.2. The predicted octanol–water partition coefficient (Wildman–Crippen LogP) is 16.4. The molecule has 68 heavy (non-hydrogen) atoms. The third-order valence-corrected chi connectivity index (χ3v) is 15.3. The Balaban J connectivity index is 1.25. The van der Waals surface area contributed by atoms with E-state index in [0.29, 0.717) is 28.2 Å². The number of hydrogen-bond donors (Lipinski definition) is 0. The standard InChI is InChI=1S/C60H30N6OS/c1-62-55-50(33-14-4-2-5-15-33)42(28-61)56(51(34-16-6-3-7-17-34)58(55)65-46-31-63-29-43-35-18-8-9-19-36(35)44-30-64-32-47(65)53(44)52(43)46)66-45-27-26-39-37-20-10-12-22-48(37)67-59(39)54(45)41-25-24-40-38-21-11-13-23-49(38)68-60(40)57(41)66/h2-27,29-32H. The van der Waals surface area contributed by atoms with Gasteiger partial charge in [-0.25, -0.2) is 4.85 Å². The van der Waals surface area contributed by atoms with Crippen molar-refractivity contribution in [1.29, 1.82) is 5.26 Å². The van der Waals surface area contributed by atoms with Crippen LogP contribution >= 0.6 is 11.3 Å². The molecule has 9 aromatic carbocycles. The Hall–Kier alpha value is -9.34. The lowest BCUT2D eigenvalue weighted by atomic mass is 9.88. The van der Waals surface area contributed by atoms with Gasteiger partial charge in [0.1, 0.15) is 17.2 Å². The van der Waals surface area contributed by atoms with Crippen molar-refractivity contribution in [1.82, 2.24) is 19.1 Å². The molecule has 7 nitrogen and oxygen atoms in total. The monoisotopic (exact) mass is 882 g/mol. The van der Waals surface area contributed by atoms with Crippen LogP contribution in [0.3, 0.4) is 0 Å². The number of furan rings is 1. The van der Waals surface area contributed by atoms with Gasteiger partial charge in [-0.15, -0.1) is 11.3 Å². The van der Waals surface area contributed by atoms with Crippen LogP contribution in [-0.4, -0.2) is 19.1 Å². The van der Waals surface area contributed by atoms with Crippen molar-refractivity contribution in [2.75, 3.05) is 0 Å². The maximum atomic E-state index is 12.0. The molecule has 0 aliphatic rings. The minimum absolute atomic E-state index is 0.356. The molecule has 0 amide bonds. The van der Waals surface area contributed by atoms with E-state index in [1.54, 1.807) is 11.3 Å². The van der Waals surface area contributed by atoms with Gasteiger partial charge in [-0.2, -0.15) is 5.26 Å². The smallest absolute Gasteiger partial charge is 0.220 e. The molecule has 0 saturated carbocycles. The lowest BCUT2D eigenvalue weighted by molar-refractivity contribution is 0.673. The van der Waals surface area contributed by atoms with Gasteiger partial charge in [0.05, 0.1) is 68.1 Å². The zero-order chi connectivity index (χ0) is 44.8. The molecule has 0 spiro atoms. The molecule has 0 bridgehead atoms. The highest BCUT2D eigenvalue weighted by Crippen LogP contribution is 2.55. The molecule has 6 heterocycles. The van der Waals surface area contributed by atoms with Crippen molar-refractivity contribution < 1.29 is 4.42 Å². The Morgan fingerprint density at radius 2 is 1.09 bits per heavy atom. The van der Waals surface area contributed by atoms with Gasteiger partial charge in [-0.3, -0.25) is 9.97 Å². The van der Waals surface area contributed by atoms with E-state index in [4.69, 9.17) is 14.4 Å². The second-order valence-electron chi connectivity index (χ2n) is 17.4. The lowest BCUT2D eigenvalue weighted by Gasteiger charge is -2.25. The molecule has 15 rings (SSSR count). The highest BCUT2D eigenvalue weighted by atomic mass is 32.1. The van der Waals surface area contributed by atoms with Crippen LogP contribution in [0.1, 0.15) is 5.56 Å². The number of benzene rings is 9. The van der Waals surface area contributed by atoms with E-state index < -0.39 is 0 Å². The zero-order valence-corrected chi connectivity index (χ0v) is 36.6. The van der Waals surface area contributed by atoms with Crippen LogP contribution in [0.5, 0.6) is 0 Å². The van der Waals surface area contributed by atoms with Gasteiger partial charge in [0.2, 0.25) is 5.69 Å². The van der Waals surface area contributed by atoms with Crippen molar-refractivity contribution >= 4 is 124 Å². The van der Waals surface area contributed by atoms with E-state index in [-0.39, 0.29) is 0 Å². The molecular weight excluding hydrogens is 853 g/mol. The number of nitriles is 1. The average Bonchev–Trinajstić information content (AvgIpc) is 4.16. The second-order valence-corrected chi connectivity index (χ2v) is 18.4. The number of hydrogen-bond acceptors (Lipinski definition) is 5. The molecule has 15 aromatic rings. The van der Waals surface area contributed by atoms with Crippen molar-refractivity contribution in [3.8, 4) is 39.7 Å². The number of fused-ring (bicyclic) bond motifs is 14. The Morgan fingerprint density at radius 3 is 1.76 bits per heavy atom. The summed E-state index contributed by atoms with van der Waals surface area (Å²) in [4.78, 5) is 14.4. The van der Waals surface area contributed by atoms with Crippen LogP contribution in [-0.2, 0) is 0 Å². The molecule has 0 radical (unpaired) electrons. The topological polar surface area (TPSA) is 76.9 Å². The van der Waals surface area contributed by atoms with E-state index in [2.05, 4.69) is 111 Å². The maximum Gasteiger partial charge on any atom is 0.220 e. The summed E-state index contributed by atoms with van der Waals surface area (Å²) in [5.41, 5.74) is 10.1. The summed E-state index contributed by atoms with van der Waals surface area (Å²) in [5, 5.41) is 24.6. The van der Waals surface area contributed by atoms with Crippen LogP contribution in [0.2, 0.25) is 0 Å². The zero-order valence-electron chi connectivity index (χ0n) is 35.8. The number of pyridine rings is 2. The van der Waals surface area contributed by atoms with Crippen LogP contribution in [0.15, 0.2) is 187 Å². The Labute approximate surface area is 390 Å². The summed E-state index contributed by atoms with van der Waals surface area (Å²) in [7, 11) is 0. The molecule has 6 aromatic heterocycles. The van der Waals surface area contributed by atoms with Crippen LogP contribution in [0.25, 0.3) is 146 Å². The van der Waals surface area contributed by atoms with Gasteiger partial charge in [-0.1, -0.05) is 133 Å². The summed E-state index contributed by atoms with van der Waals surface area (Å²) < 4.78 is 13.7. The highest BCUT2D eigenvalue weighted by Gasteiger charge is 2.33. The number of rotatable bonds is 4. The largest absolute Gasteiger partial charge is 0.455 e. The van der Waals surface area contributed by atoms with Gasteiger partial charge in [0.25, 0.3) is 0 Å². The molecule has 0 fully saturated rings. The van der Waals surface area contributed by atoms with Crippen molar-refractivity contribution in [3.05, 3.63) is 199 Å². The fraction of sp³-hybridized carbons (Fsp3) is 0. The van der Waals surface area contributed by atoms with Crippen molar-refractivity contribution in [3.63, 3.8) is 0 Å². The van der Waals surface area contributed by atoms with E-state index in [1.807, 2.05) is 91.5 Å². The molecule has 8 heteroatoms. The van der Waals surface area contributed by atoms with Crippen molar-refractivity contribution in [2.45, 2.75) is 0 Å². The van der Waals surface area contributed by atoms with Crippen LogP contribution < -0.4 is 0 Å². The van der Waals surface area contributed by atoms with E-state index in [0.717, 1.165) is 114 Å². The number of nitrogens with zero attached hydrogens (tertiary/aromatic N) is 6. The Kier molecular flexibility index (Phi) is 7.39. The number of aromatic nitrogens is 4. The number of thiophene rings is 1. The van der Waals surface area contributed by atoms with Crippen molar-refractivity contribution in [2.24, 2.45) is 0 Å². The normalized spacial score (nSPS) is 12.1.